The van der Waals surface area contributed by atoms with Gasteiger partial charge in [-0.05, 0) is 43.7 Å². The highest BCUT2D eigenvalue weighted by Gasteiger charge is 2.14. The Morgan fingerprint density at radius 2 is 1.70 bits per heavy atom. The van der Waals surface area contributed by atoms with E-state index in [0.29, 0.717) is 16.1 Å². The Morgan fingerprint density at radius 1 is 1.09 bits per heavy atom. The van der Waals surface area contributed by atoms with E-state index in [2.05, 4.69) is 14.8 Å². The number of nitrogens with zero attached hydrogens (tertiary/aromatic N) is 3. The molecule has 1 aliphatic rings. The van der Waals surface area contributed by atoms with E-state index in [9.17, 15) is 9.59 Å². The van der Waals surface area contributed by atoms with Crippen LogP contribution in [-0.2, 0) is 14.3 Å². The van der Waals surface area contributed by atoms with Crippen molar-refractivity contribution in [2.45, 2.75) is 13.3 Å². The highest BCUT2D eigenvalue weighted by Crippen LogP contribution is 2.30. The van der Waals surface area contributed by atoms with E-state index in [1.54, 1.807) is 18.5 Å². The molecule has 0 saturated carbocycles. The molecule has 1 aromatic heterocycles. The molecule has 3 rings (SSSR count). The van der Waals surface area contributed by atoms with Gasteiger partial charge in [0, 0.05) is 71.6 Å². The zero-order valence-electron chi connectivity index (χ0n) is 18.3. The van der Waals surface area contributed by atoms with Crippen LogP contribution in [0, 0.1) is 0 Å². The Hall–Kier alpha value is -2.65. The number of carboxylic acid groups (broad SMARTS) is 2. The molecule has 2 aromatic rings. The van der Waals surface area contributed by atoms with Crippen LogP contribution < -0.4 is 4.90 Å². The Kier molecular flexibility index (Phi) is 11.1. The second kappa shape index (κ2) is 13.8. The average Bonchev–Trinajstić information content (AvgIpc) is 2.77. The highest BCUT2D eigenvalue weighted by atomic mass is 35.5. The van der Waals surface area contributed by atoms with Gasteiger partial charge in [0.25, 0.3) is 0 Å². The minimum atomic E-state index is -1.24. The van der Waals surface area contributed by atoms with Crippen LogP contribution in [0.15, 0.2) is 54.4 Å². The van der Waals surface area contributed by atoms with Gasteiger partial charge in [-0.3, -0.25) is 9.88 Å². The zero-order chi connectivity index (χ0) is 24.2. The summed E-state index contributed by atoms with van der Waals surface area (Å²) in [4.78, 5) is 28.5. The smallest absolute Gasteiger partial charge is 0.331 e. The number of benzene rings is 1. The lowest BCUT2D eigenvalue weighted by molar-refractivity contribution is -0.135. The van der Waals surface area contributed by atoms with Crippen LogP contribution in [0.4, 0.5) is 11.4 Å². The molecule has 0 atom stereocenters. The second-order valence-corrected chi connectivity index (χ2v) is 8.14. The number of hydrogen-bond acceptors (Lipinski definition) is 6. The first kappa shape index (κ1) is 26.6. The van der Waals surface area contributed by atoms with Crippen molar-refractivity contribution in [3.8, 4) is 0 Å². The van der Waals surface area contributed by atoms with Gasteiger partial charge in [0.05, 0.1) is 13.2 Å². The maximum Gasteiger partial charge on any atom is 0.331 e. The SMILES string of the molecule is C/C(=C\C(=O)O)C(=O)O.Clc1cc(Cl)cc(N(CCCN2CCOCC2)c2ccncc2)c1. The number of carboxylic acids is 2. The first-order valence-corrected chi connectivity index (χ1v) is 11.1. The molecule has 33 heavy (non-hydrogen) atoms. The topological polar surface area (TPSA) is 103 Å². The van der Waals surface area contributed by atoms with Crippen molar-refractivity contribution >= 4 is 46.5 Å². The fourth-order valence-electron chi connectivity index (χ4n) is 3.15. The van der Waals surface area contributed by atoms with Crippen LogP contribution >= 0.6 is 23.2 Å². The molecule has 10 heteroatoms. The Morgan fingerprint density at radius 3 is 2.21 bits per heavy atom. The average molecular weight is 496 g/mol. The van der Waals surface area contributed by atoms with Gasteiger partial charge < -0.3 is 19.8 Å². The largest absolute Gasteiger partial charge is 0.478 e. The molecule has 8 nitrogen and oxygen atoms in total. The number of ether oxygens (including phenoxy) is 1. The lowest BCUT2D eigenvalue weighted by Crippen LogP contribution is -2.37. The van der Waals surface area contributed by atoms with Crippen LogP contribution in [0.1, 0.15) is 13.3 Å². The Bertz CT molecular complexity index is 930. The standard InChI is InChI=1S/C18H21Cl2N3O.C5H6O4/c19-15-12-16(20)14-18(13-15)23(17-2-4-21-5-3-17)7-1-6-22-8-10-24-11-9-22;1-3(5(8)9)2-4(6)7/h2-5,12-14H,1,6-11H2;2H,1H3,(H,6,7)(H,8,9)/b;3-2+. The van der Waals surface area contributed by atoms with E-state index < -0.39 is 11.9 Å². The van der Waals surface area contributed by atoms with Crippen LogP contribution in [0.5, 0.6) is 0 Å². The molecule has 1 fully saturated rings. The normalized spacial score (nSPS) is 14.2. The minimum absolute atomic E-state index is 0.178. The van der Waals surface area contributed by atoms with E-state index in [4.69, 9.17) is 38.2 Å². The van der Waals surface area contributed by atoms with Crippen LogP contribution in [0.2, 0.25) is 10.0 Å². The molecule has 2 N–H and O–H groups in total. The molecule has 0 bridgehead atoms. The monoisotopic (exact) mass is 495 g/mol. The summed E-state index contributed by atoms with van der Waals surface area (Å²) in [7, 11) is 0. The molecule has 1 saturated heterocycles. The van der Waals surface area contributed by atoms with Crippen molar-refractivity contribution in [3.05, 3.63) is 64.4 Å². The first-order valence-electron chi connectivity index (χ1n) is 10.3. The van der Waals surface area contributed by atoms with Gasteiger partial charge in [-0.15, -0.1) is 0 Å². The molecule has 0 spiro atoms. The summed E-state index contributed by atoms with van der Waals surface area (Å²) in [5, 5.41) is 17.4. The summed E-state index contributed by atoms with van der Waals surface area (Å²) >= 11 is 12.4. The van der Waals surface area contributed by atoms with E-state index in [0.717, 1.165) is 57.2 Å². The first-order chi connectivity index (χ1) is 15.8. The van der Waals surface area contributed by atoms with Gasteiger partial charge in [-0.1, -0.05) is 23.2 Å². The fourth-order valence-corrected chi connectivity index (χ4v) is 3.67. The molecular formula is C23H27Cl2N3O5. The summed E-state index contributed by atoms with van der Waals surface area (Å²) < 4.78 is 5.40. The minimum Gasteiger partial charge on any atom is -0.478 e. The lowest BCUT2D eigenvalue weighted by Gasteiger charge is -2.29. The molecular weight excluding hydrogens is 469 g/mol. The van der Waals surface area contributed by atoms with Gasteiger partial charge >= 0.3 is 11.9 Å². The van der Waals surface area contributed by atoms with E-state index >= 15 is 0 Å². The molecule has 0 amide bonds. The molecule has 178 valence electrons. The van der Waals surface area contributed by atoms with Crippen molar-refractivity contribution in [3.63, 3.8) is 0 Å². The molecule has 1 aliphatic heterocycles. The summed E-state index contributed by atoms with van der Waals surface area (Å²) in [6.45, 7) is 6.85. The zero-order valence-corrected chi connectivity index (χ0v) is 19.8. The molecule has 0 radical (unpaired) electrons. The number of anilines is 2. The van der Waals surface area contributed by atoms with Crippen molar-refractivity contribution in [2.24, 2.45) is 0 Å². The Balaban J connectivity index is 0.000000365. The lowest BCUT2D eigenvalue weighted by atomic mass is 10.2. The summed E-state index contributed by atoms with van der Waals surface area (Å²) in [5.74, 6) is -2.45. The maximum absolute atomic E-state index is 9.90. The van der Waals surface area contributed by atoms with Gasteiger partial charge in [-0.2, -0.15) is 0 Å². The molecule has 0 aliphatic carbocycles. The van der Waals surface area contributed by atoms with Crippen molar-refractivity contribution < 1.29 is 24.5 Å². The third kappa shape index (κ3) is 9.79. The van der Waals surface area contributed by atoms with E-state index in [1.165, 1.54) is 6.92 Å². The second-order valence-electron chi connectivity index (χ2n) is 7.26. The number of carbonyl (C=O) groups is 2. The quantitative estimate of drug-likeness (QED) is 0.520. The number of rotatable bonds is 8. The number of morpholine rings is 1. The van der Waals surface area contributed by atoms with Gasteiger partial charge in [0.15, 0.2) is 0 Å². The molecule has 0 unspecified atom stereocenters. The number of aromatic nitrogens is 1. The number of halogens is 2. The summed E-state index contributed by atoms with van der Waals surface area (Å²) in [5.41, 5.74) is 1.91. The van der Waals surface area contributed by atoms with Gasteiger partial charge in [0.1, 0.15) is 0 Å². The van der Waals surface area contributed by atoms with Crippen molar-refractivity contribution in [1.82, 2.24) is 9.88 Å². The predicted octanol–water partition coefficient (Wildman–Crippen LogP) is 4.35. The third-order valence-corrected chi connectivity index (χ3v) is 5.21. The van der Waals surface area contributed by atoms with Crippen LogP contribution in [0.25, 0.3) is 0 Å². The number of aliphatic carboxylic acids is 2. The van der Waals surface area contributed by atoms with Gasteiger partial charge in [-0.25, -0.2) is 9.59 Å². The fraction of sp³-hybridized carbons (Fsp3) is 0.348. The van der Waals surface area contributed by atoms with Crippen molar-refractivity contribution in [2.75, 3.05) is 44.3 Å². The van der Waals surface area contributed by atoms with Crippen LogP contribution in [-0.4, -0.2) is 71.4 Å². The number of hydrogen-bond donors (Lipinski definition) is 2. The van der Waals surface area contributed by atoms with Crippen molar-refractivity contribution in [1.29, 1.82) is 0 Å². The number of pyridine rings is 1. The highest BCUT2D eigenvalue weighted by molar-refractivity contribution is 6.35. The molecule has 2 heterocycles. The Labute approximate surface area is 203 Å². The maximum atomic E-state index is 9.90. The summed E-state index contributed by atoms with van der Waals surface area (Å²) in [6.07, 6.45) is 5.29. The predicted molar refractivity (Wildman–Crippen MR) is 129 cm³/mol. The van der Waals surface area contributed by atoms with E-state index in [-0.39, 0.29) is 5.57 Å². The van der Waals surface area contributed by atoms with Gasteiger partial charge in [0.2, 0.25) is 0 Å². The van der Waals surface area contributed by atoms with E-state index in [1.807, 2.05) is 24.3 Å². The molecule has 1 aromatic carbocycles. The third-order valence-electron chi connectivity index (χ3n) is 4.77. The van der Waals surface area contributed by atoms with Crippen LogP contribution in [0.3, 0.4) is 0 Å². The summed E-state index contributed by atoms with van der Waals surface area (Å²) in [6, 6.07) is 9.66.